The van der Waals surface area contributed by atoms with Gasteiger partial charge in [-0.05, 0) is 42.0 Å². The molecule has 0 amide bonds. The van der Waals surface area contributed by atoms with Crippen LogP contribution in [0.3, 0.4) is 0 Å². The maximum atomic E-state index is 11.7. The first kappa shape index (κ1) is 24.5. The summed E-state index contributed by atoms with van der Waals surface area (Å²) in [6.07, 6.45) is 0.487. The Bertz CT molecular complexity index is 938. The second-order valence-electron chi connectivity index (χ2n) is 7.54. The molecule has 2 aromatic rings. The molecule has 166 valence electrons. The van der Waals surface area contributed by atoms with Crippen molar-refractivity contribution in [3.8, 4) is 11.2 Å². The molecule has 1 aliphatic heterocycles. The highest BCUT2D eigenvalue weighted by Gasteiger charge is 2.45. The van der Waals surface area contributed by atoms with Crippen LogP contribution < -0.4 is 5.32 Å². The molecular formula is C24H30NO3PS2. The highest BCUT2D eigenvalue weighted by Crippen LogP contribution is 2.60. The van der Waals surface area contributed by atoms with Crippen LogP contribution in [0, 0.1) is 17.1 Å². The van der Waals surface area contributed by atoms with E-state index in [2.05, 4.69) is 40.8 Å². The van der Waals surface area contributed by atoms with Crippen molar-refractivity contribution in [2.45, 2.75) is 44.9 Å². The summed E-state index contributed by atoms with van der Waals surface area (Å²) in [6, 6.07) is 20.4. The number of aliphatic hydroxyl groups is 1. The van der Waals surface area contributed by atoms with E-state index in [0.717, 1.165) is 11.1 Å². The first-order valence-corrected chi connectivity index (χ1v) is 14.6. The van der Waals surface area contributed by atoms with E-state index in [4.69, 9.17) is 20.9 Å². The number of hydrogen-bond acceptors (Lipinski definition) is 6. The van der Waals surface area contributed by atoms with E-state index < -0.39 is 11.3 Å². The number of hydrogen-bond donors (Lipinski definition) is 2. The van der Waals surface area contributed by atoms with Crippen molar-refractivity contribution in [3.63, 3.8) is 0 Å². The molecule has 0 bridgehead atoms. The number of rotatable bonds is 7. The molecule has 7 heteroatoms. The van der Waals surface area contributed by atoms with Crippen LogP contribution in [0.4, 0.5) is 0 Å². The normalized spacial score (nSPS) is 26.1. The molecule has 1 fully saturated rings. The minimum atomic E-state index is -2.53. The van der Waals surface area contributed by atoms with Gasteiger partial charge in [0.05, 0.1) is 13.2 Å². The van der Waals surface area contributed by atoms with Gasteiger partial charge < -0.3 is 19.5 Å². The number of benzene rings is 2. The van der Waals surface area contributed by atoms with Gasteiger partial charge in [-0.3, -0.25) is 0 Å². The average molecular weight is 476 g/mol. The predicted octanol–water partition coefficient (Wildman–Crippen LogP) is 5.82. The molecule has 3 rings (SSSR count). The lowest BCUT2D eigenvalue weighted by Crippen LogP contribution is -2.51. The lowest BCUT2D eigenvalue weighted by Gasteiger charge is -2.45. The number of nitrogens with one attached hydrogen (secondary N) is 1. The van der Waals surface area contributed by atoms with Crippen molar-refractivity contribution in [2.75, 3.05) is 13.2 Å². The van der Waals surface area contributed by atoms with Gasteiger partial charge in [-0.15, -0.1) is 0 Å². The Morgan fingerprint density at radius 3 is 2.16 bits per heavy atom. The van der Waals surface area contributed by atoms with Crippen molar-refractivity contribution in [1.29, 1.82) is 0 Å². The van der Waals surface area contributed by atoms with Gasteiger partial charge in [0, 0.05) is 35.8 Å². The third kappa shape index (κ3) is 6.21. The zero-order valence-corrected chi connectivity index (χ0v) is 20.7. The summed E-state index contributed by atoms with van der Waals surface area (Å²) in [4.78, 5) is 0. The fourth-order valence-electron chi connectivity index (χ4n) is 3.88. The third-order valence-corrected chi connectivity index (χ3v) is 9.96. The summed E-state index contributed by atoms with van der Waals surface area (Å²) >= 11 is 6.77. The third-order valence-electron chi connectivity index (χ3n) is 5.51. The Hall–Kier alpha value is -1.16. The summed E-state index contributed by atoms with van der Waals surface area (Å²) in [5.41, 5.74) is -1.44. The van der Waals surface area contributed by atoms with Crippen LogP contribution in [0.2, 0.25) is 0 Å². The van der Waals surface area contributed by atoms with Gasteiger partial charge in [0.25, 0.3) is 5.69 Å². The standard InChI is InChI=1S/C24H30NO3PS2/c1-4-27-29(30,28-5-2)31-17-16-24(26)18-22(20-12-8-6-9-13-20)25-23(19(24)3)21-14-10-7-11-15-21/h6-15,19,22-23,25-26H,4-5,18H2,1-3H3/t19-,22-,23+,24+/m1/s1. The van der Waals surface area contributed by atoms with Gasteiger partial charge in [-0.25, -0.2) is 0 Å². The Morgan fingerprint density at radius 2 is 1.61 bits per heavy atom. The quantitative estimate of drug-likeness (QED) is 0.389. The van der Waals surface area contributed by atoms with Crippen LogP contribution in [-0.4, -0.2) is 23.9 Å². The highest BCUT2D eigenvalue weighted by molar-refractivity contribution is 8.69. The molecule has 0 spiro atoms. The molecule has 31 heavy (non-hydrogen) atoms. The molecule has 0 aliphatic carbocycles. The molecule has 2 N–H and O–H groups in total. The van der Waals surface area contributed by atoms with Crippen molar-refractivity contribution >= 4 is 28.9 Å². The van der Waals surface area contributed by atoms with E-state index in [-0.39, 0.29) is 18.0 Å². The molecule has 0 radical (unpaired) electrons. The van der Waals surface area contributed by atoms with Crippen LogP contribution in [0.25, 0.3) is 0 Å². The van der Waals surface area contributed by atoms with Crippen LogP contribution in [-0.2, 0) is 20.9 Å². The van der Waals surface area contributed by atoms with E-state index in [0.29, 0.717) is 19.6 Å². The van der Waals surface area contributed by atoms with Gasteiger partial charge >= 0.3 is 0 Å². The van der Waals surface area contributed by atoms with Gasteiger partial charge in [-0.2, -0.15) is 0 Å². The summed E-state index contributed by atoms with van der Waals surface area (Å²) < 4.78 is 11.3. The molecule has 2 aromatic carbocycles. The molecule has 1 aliphatic rings. The minimum absolute atomic E-state index is 0.0197. The number of piperidine rings is 1. The second-order valence-corrected chi connectivity index (χ2v) is 13.5. The van der Waals surface area contributed by atoms with Gasteiger partial charge in [0.2, 0.25) is 0 Å². The fourth-order valence-corrected chi connectivity index (χ4v) is 7.41. The Labute approximate surface area is 195 Å². The zero-order chi connectivity index (χ0) is 22.3. The van der Waals surface area contributed by atoms with Crippen LogP contribution in [0.5, 0.6) is 0 Å². The summed E-state index contributed by atoms with van der Waals surface area (Å²) in [6.45, 7) is 6.79. The van der Waals surface area contributed by atoms with Crippen molar-refractivity contribution < 1.29 is 14.2 Å². The second kappa shape index (κ2) is 11.1. The minimum Gasteiger partial charge on any atom is -0.377 e. The molecule has 0 aromatic heterocycles. The fraction of sp³-hybridized carbons (Fsp3) is 0.417. The van der Waals surface area contributed by atoms with Gasteiger partial charge in [0.15, 0.2) is 0 Å². The zero-order valence-electron chi connectivity index (χ0n) is 18.2. The first-order chi connectivity index (χ1) is 14.9. The van der Waals surface area contributed by atoms with Crippen LogP contribution in [0.1, 0.15) is 50.4 Å². The largest absolute Gasteiger partial charge is 0.377 e. The first-order valence-electron chi connectivity index (χ1n) is 10.6. The van der Waals surface area contributed by atoms with Crippen molar-refractivity contribution in [3.05, 3.63) is 71.8 Å². The Morgan fingerprint density at radius 1 is 1.06 bits per heavy atom. The summed E-state index contributed by atoms with van der Waals surface area (Å²) in [7, 11) is 0. The molecule has 1 heterocycles. The highest BCUT2D eigenvalue weighted by atomic mass is 32.9. The van der Waals surface area contributed by atoms with Gasteiger partial charge in [-0.1, -0.05) is 73.5 Å². The van der Waals surface area contributed by atoms with E-state index in [1.54, 1.807) is 0 Å². The molecule has 4 nitrogen and oxygen atoms in total. The summed E-state index contributed by atoms with van der Waals surface area (Å²) in [5.74, 6) is 3.02. The molecule has 0 saturated carbocycles. The van der Waals surface area contributed by atoms with E-state index in [1.165, 1.54) is 11.4 Å². The maximum Gasteiger partial charge on any atom is 0.259 e. The average Bonchev–Trinajstić information content (AvgIpc) is 2.77. The molecule has 4 atom stereocenters. The van der Waals surface area contributed by atoms with E-state index in [9.17, 15) is 5.11 Å². The van der Waals surface area contributed by atoms with Crippen LogP contribution >= 0.6 is 17.1 Å². The molecule has 1 saturated heterocycles. The maximum absolute atomic E-state index is 11.7. The van der Waals surface area contributed by atoms with Crippen LogP contribution in [0.15, 0.2) is 60.7 Å². The van der Waals surface area contributed by atoms with E-state index in [1.807, 2.05) is 57.2 Å². The Kier molecular flexibility index (Phi) is 8.78. The molecule has 0 unspecified atom stereocenters. The lowest BCUT2D eigenvalue weighted by molar-refractivity contribution is -0.0196. The topological polar surface area (TPSA) is 50.7 Å². The SMILES string of the molecule is CCOP(=S)(OCC)SC#C[C@]1(O)C[C@H](c2ccccc2)N[C@H](c2ccccc2)[C@H]1C. The smallest absolute Gasteiger partial charge is 0.259 e. The monoisotopic (exact) mass is 475 g/mol. The van der Waals surface area contributed by atoms with E-state index >= 15 is 0 Å². The molecular weight excluding hydrogens is 445 g/mol. The van der Waals surface area contributed by atoms with Gasteiger partial charge in [0.1, 0.15) is 5.60 Å². The van der Waals surface area contributed by atoms with Crippen molar-refractivity contribution in [1.82, 2.24) is 5.32 Å². The predicted molar refractivity (Wildman–Crippen MR) is 133 cm³/mol. The Balaban J connectivity index is 1.92. The summed E-state index contributed by atoms with van der Waals surface area (Å²) in [5, 5.41) is 18.5. The van der Waals surface area contributed by atoms with Crippen molar-refractivity contribution in [2.24, 2.45) is 5.92 Å². The lowest BCUT2D eigenvalue weighted by atomic mass is 9.72.